The average molecular weight is 247 g/mol. The number of aromatic nitrogens is 3. The number of nitrogens with two attached hydrogens (primary N) is 1. The summed E-state index contributed by atoms with van der Waals surface area (Å²) in [5, 5.41) is 10.8. The summed E-state index contributed by atoms with van der Waals surface area (Å²) < 4.78 is 1.84. The van der Waals surface area contributed by atoms with Gasteiger partial charge in [0.1, 0.15) is 0 Å². The molecule has 2 heterocycles. The van der Waals surface area contributed by atoms with Crippen molar-refractivity contribution < 1.29 is 4.79 Å². The third-order valence-corrected chi connectivity index (χ3v) is 2.44. The Kier molecular flexibility index (Phi) is 3.29. The first kappa shape index (κ1) is 12.5. The monoisotopic (exact) mass is 247 g/mol. The maximum absolute atomic E-state index is 11.6. The Morgan fingerprint density at radius 3 is 2.94 bits per heavy atom. The summed E-state index contributed by atoms with van der Waals surface area (Å²) in [5.41, 5.74) is 6.04. The van der Waals surface area contributed by atoms with Gasteiger partial charge in [-0.05, 0) is 26.0 Å². The van der Waals surface area contributed by atoms with Gasteiger partial charge in [0.25, 0.3) is 0 Å². The van der Waals surface area contributed by atoms with Crippen molar-refractivity contribution in [2.24, 2.45) is 5.73 Å². The van der Waals surface area contributed by atoms with Gasteiger partial charge >= 0.3 is 0 Å². The molecule has 0 spiro atoms. The van der Waals surface area contributed by atoms with Crippen LogP contribution in [0.1, 0.15) is 26.1 Å². The maximum atomic E-state index is 11.6. The molecular formula is C12H17N5O. The summed E-state index contributed by atoms with van der Waals surface area (Å²) >= 11 is 0. The zero-order valence-corrected chi connectivity index (χ0v) is 10.6. The number of amides is 1. The molecule has 0 unspecified atom stereocenters. The van der Waals surface area contributed by atoms with E-state index in [1.165, 1.54) is 0 Å². The van der Waals surface area contributed by atoms with E-state index in [9.17, 15) is 4.79 Å². The van der Waals surface area contributed by atoms with Gasteiger partial charge < -0.3 is 11.1 Å². The number of carbonyl (C=O) groups excluding carboxylic acids is 1. The topological polar surface area (TPSA) is 85.3 Å². The first-order chi connectivity index (χ1) is 8.46. The molecule has 0 aliphatic heterocycles. The molecule has 1 amide bonds. The Labute approximate surface area is 105 Å². The van der Waals surface area contributed by atoms with E-state index in [1.54, 1.807) is 0 Å². The van der Waals surface area contributed by atoms with Crippen molar-refractivity contribution in [3.8, 4) is 0 Å². The lowest BCUT2D eigenvalue weighted by molar-refractivity contribution is -0.122. The second-order valence-corrected chi connectivity index (χ2v) is 4.99. The van der Waals surface area contributed by atoms with Crippen molar-refractivity contribution >= 4 is 11.6 Å². The molecule has 96 valence electrons. The van der Waals surface area contributed by atoms with E-state index < -0.39 is 5.54 Å². The van der Waals surface area contributed by atoms with E-state index in [1.807, 2.05) is 42.6 Å². The van der Waals surface area contributed by atoms with Crippen LogP contribution >= 0.6 is 0 Å². The predicted molar refractivity (Wildman–Crippen MR) is 67.7 cm³/mol. The lowest BCUT2D eigenvalue weighted by atomic mass is 10.0. The van der Waals surface area contributed by atoms with Crippen LogP contribution < -0.4 is 11.1 Å². The fourth-order valence-corrected chi connectivity index (χ4v) is 1.67. The molecule has 0 aliphatic rings. The Morgan fingerprint density at radius 1 is 1.44 bits per heavy atom. The summed E-state index contributed by atoms with van der Waals surface area (Å²) in [6.07, 6.45) is 2.15. The van der Waals surface area contributed by atoms with Gasteiger partial charge in [-0.1, -0.05) is 6.07 Å². The van der Waals surface area contributed by atoms with Crippen LogP contribution in [0.2, 0.25) is 0 Å². The molecule has 0 atom stereocenters. The van der Waals surface area contributed by atoms with Crippen LogP contribution in [0, 0.1) is 0 Å². The van der Waals surface area contributed by atoms with Crippen LogP contribution in [-0.4, -0.2) is 26.0 Å². The third kappa shape index (κ3) is 3.04. The summed E-state index contributed by atoms with van der Waals surface area (Å²) in [5.74, 6) is 0.615. The Balaban J connectivity index is 2.00. The summed E-state index contributed by atoms with van der Waals surface area (Å²) in [6, 6.07) is 5.65. The number of rotatable bonds is 4. The predicted octanol–water partition coefficient (Wildman–Crippen LogP) is 0.473. The molecule has 3 N–H and O–H groups in total. The van der Waals surface area contributed by atoms with Crippen molar-refractivity contribution in [1.82, 2.24) is 19.9 Å². The molecule has 2 aromatic heterocycles. The minimum atomic E-state index is -0.503. The highest BCUT2D eigenvalue weighted by Gasteiger charge is 2.16. The molecule has 0 saturated carbocycles. The first-order valence-corrected chi connectivity index (χ1v) is 5.80. The summed E-state index contributed by atoms with van der Waals surface area (Å²) in [6.45, 7) is 3.98. The van der Waals surface area contributed by atoms with Crippen molar-refractivity contribution in [1.29, 1.82) is 0 Å². The Hall–Kier alpha value is -1.95. The van der Waals surface area contributed by atoms with E-state index >= 15 is 0 Å². The maximum Gasteiger partial charge on any atom is 0.222 e. The second kappa shape index (κ2) is 4.73. The molecule has 0 aliphatic carbocycles. The van der Waals surface area contributed by atoms with Crippen LogP contribution in [-0.2, 0) is 11.3 Å². The zero-order valence-electron chi connectivity index (χ0n) is 10.6. The van der Waals surface area contributed by atoms with Crippen LogP contribution in [0.4, 0.5) is 0 Å². The molecule has 2 aromatic rings. The zero-order chi connectivity index (χ0) is 13.2. The minimum Gasteiger partial charge on any atom is -0.349 e. The molecule has 0 fully saturated rings. The van der Waals surface area contributed by atoms with E-state index in [0.717, 1.165) is 5.65 Å². The number of fused-ring (bicyclic) bond motifs is 1. The lowest BCUT2D eigenvalue weighted by Crippen LogP contribution is -2.39. The minimum absolute atomic E-state index is 0.0878. The highest BCUT2D eigenvalue weighted by molar-refractivity contribution is 5.76. The fraction of sp³-hybridized carbons (Fsp3) is 0.417. The largest absolute Gasteiger partial charge is 0.349 e. The molecule has 0 radical (unpaired) electrons. The van der Waals surface area contributed by atoms with Crippen LogP contribution in [0.5, 0.6) is 0 Å². The van der Waals surface area contributed by atoms with Gasteiger partial charge in [-0.25, -0.2) is 0 Å². The number of nitrogens with zero attached hydrogens (tertiary/aromatic N) is 3. The van der Waals surface area contributed by atoms with Gasteiger partial charge in [0.2, 0.25) is 5.91 Å². The normalized spacial score (nSPS) is 11.7. The molecule has 2 rings (SSSR count). The van der Waals surface area contributed by atoms with E-state index in [2.05, 4.69) is 15.5 Å². The fourth-order valence-electron chi connectivity index (χ4n) is 1.67. The molecule has 0 aromatic carbocycles. The lowest BCUT2D eigenvalue weighted by Gasteiger charge is -2.17. The Morgan fingerprint density at radius 2 is 2.22 bits per heavy atom. The van der Waals surface area contributed by atoms with Gasteiger partial charge in [0.15, 0.2) is 11.5 Å². The summed E-state index contributed by atoms with van der Waals surface area (Å²) in [7, 11) is 0. The smallest absolute Gasteiger partial charge is 0.222 e. The van der Waals surface area contributed by atoms with Gasteiger partial charge in [-0.15, -0.1) is 10.2 Å². The quantitative estimate of drug-likeness (QED) is 0.822. The van der Waals surface area contributed by atoms with Gasteiger partial charge in [-0.2, -0.15) is 0 Å². The molecule has 0 bridgehead atoms. The van der Waals surface area contributed by atoms with Crippen molar-refractivity contribution in [2.45, 2.75) is 32.4 Å². The standard InChI is InChI=1S/C12H17N5O/c1-12(2,13)7-11(18)14-8-10-16-15-9-5-3-4-6-17(9)10/h3-6H,7-8,13H2,1-2H3,(H,14,18). The molecule has 6 nitrogen and oxygen atoms in total. The van der Waals surface area contributed by atoms with Crippen LogP contribution in [0.15, 0.2) is 24.4 Å². The van der Waals surface area contributed by atoms with Crippen LogP contribution in [0.3, 0.4) is 0 Å². The molecule has 6 heteroatoms. The van der Waals surface area contributed by atoms with Crippen molar-refractivity contribution in [2.75, 3.05) is 0 Å². The summed E-state index contributed by atoms with van der Waals surface area (Å²) in [4.78, 5) is 11.6. The number of nitrogens with one attached hydrogen (secondary N) is 1. The molecular weight excluding hydrogens is 230 g/mol. The average Bonchev–Trinajstić information content (AvgIpc) is 2.67. The first-order valence-electron chi connectivity index (χ1n) is 5.80. The molecule has 0 saturated heterocycles. The second-order valence-electron chi connectivity index (χ2n) is 4.99. The number of pyridine rings is 1. The molecule has 18 heavy (non-hydrogen) atoms. The Bertz CT molecular complexity index is 555. The number of carbonyl (C=O) groups is 1. The van der Waals surface area contributed by atoms with Crippen LogP contribution in [0.25, 0.3) is 5.65 Å². The highest BCUT2D eigenvalue weighted by Crippen LogP contribution is 2.05. The van der Waals surface area contributed by atoms with E-state index in [4.69, 9.17) is 5.73 Å². The van der Waals surface area contributed by atoms with E-state index in [-0.39, 0.29) is 12.3 Å². The van der Waals surface area contributed by atoms with Crippen molar-refractivity contribution in [3.05, 3.63) is 30.2 Å². The van der Waals surface area contributed by atoms with Crippen molar-refractivity contribution in [3.63, 3.8) is 0 Å². The number of hydrogen-bond acceptors (Lipinski definition) is 4. The third-order valence-electron chi connectivity index (χ3n) is 2.44. The SMILES string of the molecule is CC(C)(N)CC(=O)NCc1nnc2ccccn12. The van der Waals surface area contributed by atoms with Gasteiger partial charge in [-0.3, -0.25) is 9.20 Å². The van der Waals surface area contributed by atoms with Gasteiger partial charge in [0.05, 0.1) is 6.54 Å². The highest BCUT2D eigenvalue weighted by atomic mass is 16.1. The number of hydrogen-bond donors (Lipinski definition) is 2. The van der Waals surface area contributed by atoms with Gasteiger partial charge in [0, 0.05) is 18.2 Å². The van der Waals surface area contributed by atoms with E-state index in [0.29, 0.717) is 12.4 Å².